The summed E-state index contributed by atoms with van der Waals surface area (Å²) in [5, 5.41) is 28.5. The van der Waals surface area contributed by atoms with Gasteiger partial charge in [-0.2, -0.15) is 11.8 Å². The van der Waals surface area contributed by atoms with Gasteiger partial charge < -0.3 is 42.2 Å². The van der Waals surface area contributed by atoms with Crippen molar-refractivity contribution < 1.29 is 39.0 Å². The first-order valence-electron chi connectivity index (χ1n) is 13.3. The highest BCUT2D eigenvalue weighted by atomic mass is 32.2. The third-order valence-corrected chi connectivity index (χ3v) is 6.88. The van der Waals surface area contributed by atoms with E-state index in [-0.39, 0.29) is 19.3 Å². The van der Waals surface area contributed by atoms with Crippen molar-refractivity contribution in [3.63, 3.8) is 0 Å². The van der Waals surface area contributed by atoms with Gasteiger partial charge in [-0.3, -0.25) is 24.0 Å². The zero-order valence-corrected chi connectivity index (χ0v) is 24.6. The molecule has 0 aliphatic heterocycles. The van der Waals surface area contributed by atoms with Crippen LogP contribution >= 0.6 is 11.8 Å². The fourth-order valence-electron chi connectivity index (χ4n) is 3.89. The molecule has 1 aromatic carbocycles. The Kier molecular flexibility index (Phi) is 14.1. The number of carbonyl (C=O) groups excluding carboxylic acids is 4. The summed E-state index contributed by atoms with van der Waals surface area (Å²) in [4.78, 5) is 81.1. The van der Waals surface area contributed by atoms with Gasteiger partial charge in [-0.15, -0.1) is 0 Å². The Bertz CT molecular complexity index is 1250. The SMILES string of the molecule is CSCC[C@H](NC(=O)[C@H](C)NC(=O)[C@H](Cc1ccccc1)NC(=O)[C@@H](N)CC(=O)O)C(=O)N[C@@H](Cc1cnc[nH]1)C(=O)O. The molecule has 16 heteroatoms. The quantitative estimate of drug-likeness (QED) is 0.0984. The Morgan fingerprint density at radius 3 is 2.09 bits per heavy atom. The van der Waals surface area contributed by atoms with Crippen molar-refractivity contribution in [1.29, 1.82) is 0 Å². The van der Waals surface area contributed by atoms with Gasteiger partial charge in [0.2, 0.25) is 23.6 Å². The monoisotopic (exact) mass is 619 g/mol. The lowest BCUT2D eigenvalue weighted by atomic mass is 10.0. The van der Waals surface area contributed by atoms with E-state index in [0.717, 1.165) is 0 Å². The van der Waals surface area contributed by atoms with E-state index in [1.165, 1.54) is 31.2 Å². The molecule has 15 nitrogen and oxygen atoms in total. The van der Waals surface area contributed by atoms with Crippen LogP contribution in [0.4, 0.5) is 0 Å². The number of aromatic nitrogens is 2. The number of rotatable bonds is 18. The minimum Gasteiger partial charge on any atom is -0.481 e. The minimum absolute atomic E-state index is 0.0260. The second-order valence-corrected chi connectivity index (χ2v) is 10.7. The lowest BCUT2D eigenvalue weighted by molar-refractivity contribution is -0.142. The fraction of sp³-hybridized carbons (Fsp3) is 0.444. The molecule has 1 heterocycles. The summed E-state index contributed by atoms with van der Waals surface area (Å²) in [6.07, 6.45) is 4.14. The van der Waals surface area contributed by atoms with Gasteiger partial charge in [-0.25, -0.2) is 9.78 Å². The average Bonchev–Trinajstić information content (AvgIpc) is 3.47. The number of nitrogens with two attached hydrogens (primary N) is 1. The lowest BCUT2D eigenvalue weighted by Gasteiger charge is -2.25. The standard InChI is InChI=1S/C27H37N7O8S/c1-15(31-26(40)20(10-16-6-4-3-5-7-16)33-24(38)18(28)12-22(35)36)23(37)32-19(8-9-43-2)25(39)34-21(27(41)42)11-17-13-29-14-30-17/h3-7,13-15,18-21H,8-12,28H2,1-2H3,(H,29,30)(H,31,40)(H,32,37)(H,33,38)(H,34,39)(H,35,36)(H,41,42)/t15-,18-,19-,20-,21-/m0/s1. The van der Waals surface area contributed by atoms with E-state index in [1.54, 1.807) is 36.6 Å². The molecule has 234 valence electrons. The molecule has 0 saturated carbocycles. The van der Waals surface area contributed by atoms with Crippen LogP contribution in [0, 0.1) is 0 Å². The molecule has 0 aliphatic carbocycles. The van der Waals surface area contributed by atoms with Gasteiger partial charge in [-0.05, 0) is 30.9 Å². The second kappa shape index (κ2) is 17.5. The number of H-pyrrole nitrogens is 1. The summed E-state index contributed by atoms with van der Waals surface area (Å²) in [6.45, 7) is 1.38. The van der Waals surface area contributed by atoms with Crippen LogP contribution in [0.15, 0.2) is 42.9 Å². The van der Waals surface area contributed by atoms with Gasteiger partial charge >= 0.3 is 11.9 Å². The minimum atomic E-state index is -1.40. The first-order valence-corrected chi connectivity index (χ1v) is 14.7. The second-order valence-electron chi connectivity index (χ2n) is 9.71. The molecule has 43 heavy (non-hydrogen) atoms. The number of nitrogens with one attached hydrogen (secondary N) is 5. The van der Waals surface area contributed by atoms with E-state index in [1.807, 2.05) is 0 Å². The third kappa shape index (κ3) is 12.1. The van der Waals surface area contributed by atoms with Crippen molar-refractivity contribution in [2.75, 3.05) is 12.0 Å². The van der Waals surface area contributed by atoms with E-state index in [9.17, 15) is 33.9 Å². The maximum Gasteiger partial charge on any atom is 0.326 e. The van der Waals surface area contributed by atoms with Crippen molar-refractivity contribution in [2.45, 2.75) is 62.8 Å². The first kappa shape index (κ1) is 34.8. The van der Waals surface area contributed by atoms with Crippen LogP contribution in [0.25, 0.3) is 0 Å². The molecule has 0 saturated heterocycles. The molecule has 0 aliphatic rings. The molecule has 2 rings (SSSR count). The zero-order valence-electron chi connectivity index (χ0n) is 23.7. The molecule has 0 fully saturated rings. The fourth-order valence-corrected chi connectivity index (χ4v) is 4.36. The van der Waals surface area contributed by atoms with Crippen LogP contribution in [-0.4, -0.2) is 98.0 Å². The van der Waals surface area contributed by atoms with Crippen molar-refractivity contribution in [2.24, 2.45) is 5.73 Å². The first-order chi connectivity index (χ1) is 20.4. The van der Waals surface area contributed by atoms with Crippen LogP contribution in [0.3, 0.4) is 0 Å². The Morgan fingerprint density at radius 2 is 1.51 bits per heavy atom. The summed E-state index contributed by atoms with van der Waals surface area (Å²) in [6, 6.07) is 2.56. The predicted molar refractivity (Wildman–Crippen MR) is 157 cm³/mol. The van der Waals surface area contributed by atoms with Gasteiger partial charge in [-0.1, -0.05) is 30.3 Å². The van der Waals surface area contributed by atoms with Crippen LogP contribution in [-0.2, 0) is 41.6 Å². The largest absolute Gasteiger partial charge is 0.481 e. The smallest absolute Gasteiger partial charge is 0.326 e. The molecule has 4 amide bonds. The van der Waals surface area contributed by atoms with Crippen molar-refractivity contribution in [3.8, 4) is 0 Å². The molecule has 2 aromatic rings. The molecular formula is C27H37N7O8S. The number of amides is 4. The van der Waals surface area contributed by atoms with Crippen molar-refractivity contribution in [3.05, 3.63) is 54.1 Å². The predicted octanol–water partition coefficient (Wildman–Crippen LogP) is -1.21. The molecule has 0 spiro atoms. The van der Waals surface area contributed by atoms with Crippen LogP contribution in [0.2, 0.25) is 0 Å². The number of nitrogens with zero attached hydrogens (tertiary/aromatic N) is 1. The summed E-state index contributed by atoms with van der Waals surface area (Å²) >= 11 is 1.42. The number of carboxylic acids is 2. The number of aromatic amines is 1. The maximum absolute atomic E-state index is 13.2. The van der Waals surface area contributed by atoms with E-state index in [4.69, 9.17) is 10.8 Å². The number of thioether (sulfide) groups is 1. The molecule has 9 N–H and O–H groups in total. The van der Waals surface area contributed by atoms with Gasteiger partial charge in [0.05, 0.1) is 18.8 Å². The number of benzene rings is 1. The maximum atomic E-state index is 13.2. The van der Waals surface area contributed by atoms with Gasteiger partial charge in [0.1, 0.15) is 24.2 Å². The Balaban J connectivity index is 2.10. The number of carboxylic acid groups (broad SMARTS) is 2. The number of imidazole rings is 1. The molecule has 0 bridgehead atoms. The highest BCUT2D eigenvalue weighted by Crippen LogP contribution is 2.07. The Morgan fingerprint density at radius 1 is 0.884 bits per heavy atom. The van der Waals surface area contributed by atoms with Crippen molar-refractivity contribution in [1.82, 2.24) is 31.2 Å². The topological polar surface area (TPSA) is 246 Å². The summed E-state index contributed by atoms with van der Waals surface area (Å²) < 4.78 is 0. The van der Waals surface area contributed by atoms with E-state index >= 15 is 0 Å². The number of aliphatic carboxylic acids is 2. The number of hydrogen-bond acceptors (Lipinski definition) is 9. The molecule has 0 unspecified atom stereocenters. The highest BCUT2D eigenvalue weighted by molar-refractivity contribution is 7.98. The molecular weight excluding hydrogens is 582 g/mol. The number of hydrogen-bond donors (Lipinski definition) is 8. The van der Waals surface area contributed by atoms with Gasteiger partial charge in [0, 0.05) is 24.7 Å². The van der Waals surface area contributed by atoms with Crippen LogP contribution in [0.1, 0.15) is 31.0 Å². The highest BCUT2D eigenvalue weighted by Gasteiger charge is 2.30. The van der Waals surface area contributed by atoms with E-state index < -0.39 is 72.2 Å². The van der Waals surface area contributed by atoms with Crippen molar-refractivity contribution >= 4 is 47.3 Å². The lowest BCUT2D eigenvalue weighted by Crippen LogP contribution is -2.58. The van der Waals surface area contributed by atoms with Crippen LogP contribution < -0.4 is 27.0 Å². The molecule has 1 aromatic heterocycles. The normalized spacial score (nSPS) is 14.3. The summed E-state index contributed by atoms with van der Waals surface area (Å²) in [5.41, 5.74) is 6.83. The average molecular weight is 620 g/mol. The summed E-state index contributed by atoms with van der Waals surface area (Å²) in [7, 11) is 0. The third-order valence-electron chi connectivity index (χ3n) is 6.24. The number of carbonyl (C=O) groups is 6. The molecule has 0 radical (unpaired) electrons. The van der Waals surface area contributed by atoms with Gasteiger partial charge in [0.25, 0.3) is 0 Å². The zero-order chi connectivity index (χ0) is 31.9. The van der Waals surface area contributed by atoms with E-state index in [2.05, 4.69) is 31.2 Å². The summed E-state index contributed by atoms with van der Waals surface area (Å²) in [5.74, 6) is -5.11. The Hall–Kier alpha value is -4.44. The van der Waals surface area contributed by atoms with E-state index in [0.29, 0.717) is 17.0 Å². The van der Waals surface area contributed by atoms with Gasteiger partial charge in [0.15, 0.2) is 0 Å². The Labute approximate surface area is 252 Å². The van der Waals surface area contributed by atoms with Crippen LogP contribution in [0.5, 0.6) is 0 Å². The molecule has 5 atom stereocenters.